The van der Waals surface area contributed by atoms with E-state index in [2.05, 4.69) is 29.2 Å². The summed E-state index contributed by atoms with van der Waals surface area (Å²) >= 11 is 0. The lowest BCUT2D eigenvalue weighted by Gasteiger charge is -2.39. The van der Waals surface area contributed by atoms with Gasteiger partial charge in [0.2, 0.25) is 0 Å². The van der Waals surface area contributed by atoms with Gasteiger partial charge in [-0.3, -0.25) is 4.90 Å². The maximum atomic E-state index is 14.5. The Morgan fingerprint density at radius 1 is 1.21 bits per heavy atom. The fourth-order valence-corrected chi connectivity index (χ4v) is 4.26. The van der Waals surface area contributed by atoms with Crippen molar-refractivity contribution in [2.24, 2.45) is 5.41 Å². The molecule has 2 atom stereocenters. The molecule has 0 aliphatic carbocycles. The molecule has 2 aliphatic rings. The molecular weight excluding hydrogens is 305 g/mol. The number of nitrogens with zero attached hydrogens (tertiary/aromatic N) is 1. The largest absolute Gasteiger partial charge is 0.492 e. The zero-order chi connectivity index (χ0) is 16.6. The van der Waals surface area contributed by atoms with Crippen LogP contribution in [0.3, 0.4) is 0 Å². The van der Waals surface area contributed by atoms with E-state index in [4.69, 9.17) is 9.47 Å². The molecule has 1 fully saturated rings. The first-order valence-corrected chi connectivity index (χ1v) is 8.38. The zero-order valence-electron chi connectivity index (χ0n) is 13.9. The topological polar surface area (TPSA) is 21.7 Å². The van der Waals surface area contributed by atoms with Crippen LogP contribution in [-0.4, -0.2) is 38.3 Å². The van der Waals surface area contributed by atoms with E-state index in [9.17, 15) is 4.39 Å². The van der Waals surface area contributed by atoms with E-state index in [1.54, 1.807) is 13.2 Å². The summed E-state index contributed by atoms with van der Waals surface area (Å²) in [6.45, 7) is 3.71. The lowest BCUT2D eigenvalue weighted by atomic mass is 9.73. The molecule has 0 aromatic heterocycles. The number of fused-ring (bicyclic) bond motifs is 3. The van der Waals surface area contributed by atoms with Crippen molar-refractivity contribution >= 4 is 0 Å². The smallest absolute Gasteiger partial charge is 0.130 e. The Hall–Kier alpha value is -1.91. The first-order valence-electron chi connectivity index (χ1n) is 8.38. The quantitative estimate of drug-likeness (QED) is 0.858. The highest BCUT2D eigenvalue weighted by Crippen LogP contribution is 2.50. The third kappa shape index (κ3) is 2.60. The van der Waals surface area contributed by atoms with Gasteiger partial charge in [-0.05, 0) is 17.7 Å². The van der Waals surface area contributed by atoms with Crippen molar-refractivity contribution in [1.82, 2.24) is 4.90 Å². The molecule has 4 rings (SSSR count). The second-order valence-corrected chi connectivity index (χ2v) is 6.94. The van der Waals surface area contributed by atoms with Crippen LogP contribution >= 0.6 is 0 Å². The summed E-state index contributed by atoms with van der Waals surface area (Å²) in [6, 6.07) is 15.5. The van der Waals surface area contributed by atoms with Crippen LogP contribution in [0.25, 0.3) is 0 Å². The molecule has 4 heteroatoms. The number of methoxy groups -OCH3 is 1. The molecule has 0 radical (unpaired) electrons. The average Bonchev–Trinajstić information content (AvgIpc) is 2.94. The van der Waals surface area contributed by atoms with Crippen LogP contribution in [-0.2, 0) is 11.3 Å². The molecule has 0 unspecified atom stereocenters. The number of hydrogen-bond acceptors (Lipinski definition) is 3. The molecule has 0 N–H and O–H groups in total. The van der Waals surface area contributed by atoms with Gasteiger partial charge in [-0.1, -0.05) is 36.4 Å². The third-order valence-electron chi connectivity index (χ3n) is 5.28. The molecular formula is C20H22FNO2. The average molecular weight is 327 g/mol. The molecule has 2 aromatic carbocycles. The fourth-order valence-electron chi connectivity index (χ4n) is 4.26. The van der Waals surface area contributed by atoms with Crippen molar-refractivity contribution < 1.29 is 13.9 Å². The second-order valence-electron chi connectivity index (χ2n) is 6.94. The maximum Gasteiger partial charge on any atom is 0.130 e. The van der Waals surface area contributed by atoms with E-state index < -0.39 is 0 Å². The van der Waals surface area contributed by atoms with Crippen molar-refractivity contribution in [2.45, 2.75) is 12.5 Å². The summed E-state index contributed by atoms with van der Waals surface area (Å²) in [5.41, 5.74) is 1.81. The summed E-state index contributed by atoms with van der Waals surface area (Å²) in [4.78, 5) is 2.39. The van der Waals surface area contributed by atoms with Crippen molar-refractivity contribution in [2.75, 3.05) is 33.4 Å². The summed E-state index contributed by atoms with van der Waals surface area (Å²) in [7, 11) is 1.71. The van der Waals surface area contributed by atoms with E-state index in [-0.39, 0.29) is 17.2 Å². The fraction of sp³-hybridized carbons (Fsp3) is 0.400. The molecule has 0 saturated carbocycles. The highest BCUT2D eigenvalue weighted by Gasteiger charge is 2.52. The molecule has 126 valence electrons. The molecule has 0 spiro atoms. The Kier molecular flexibility index (Phi) is 4.02. The maximum absolute atomic E-state index is 14.5. The second kappa shape index (κ2) is 6.19. The molecule has 3 nitrogen and oxygen atoms in total. The SMILES string of the molecule is COC[C@]12COc3cccc(F)c3[C@H]1CN(Cc1ccccc1)C2. The number of benzene rings is 2. The Morgan fingerprint density at radius 2 is 2.04 bits per heavy atom. The van der Waals surface area contributed by atoms with Gasteiger partial charge in [-0.2, -0.15) is 0 Å². The minimum atomic E-state index is -0.182. The van der Waals surface area contributed by atoms with Gasteiger partial charge in [-0.25, -0.2) is 4.39 Å². The number of hydrogen-bond donors (Lipinski definition) is 0. The highest BCUT2D eigenvalue weighted by molar-refractivity contribution is 5.42. The summed E-state index contributed by atoms with van der Waals surface area (Å²) in [5.74, 6) is 0.624. The Labute approximate surface area is 142 Å². The van der Waals surface area contributed by atoms with Crippen LogP contribution < -0.4 is 4.74 Å². The van der Waals surface area contributed by atoms with E-state index in [0.717, 1.165) is 25.2 Å². The van der Waals surface area contributed by atoms with Gasteiger partial charge in [-0.15, -0.1) is 0 Å². The normalized spacial score (nSPS) is 25.8. The highest BCUT2D eigenvalue weighted by atomic mass is 19.1. The molecule has 2 aliphatic heterocycles. The van der Waals surface area contributed by atoms with Crippen LogP contribution in [0, 0.1) is 11.2 Å². The van der Waals surface area contributed by atoms with Crippen molar-refractivity contribution in [1.29, 1.82) is 0 Å². The van der Waals surface area contributed by atoms with Gasteiger partial charge in [0.15, 0.2) is 0 Å². The number of likely N-dealkylation sites (tertiary alicyclic amines) is 1. The molecule has 0 amide bonds. The van der Waals surface area contributed by atoms with E-state index in [1.165, 1.54) is 11.6 Å². The molecule has 2 aromatic rings. The van der Waals surface area contributed by atoms with Crippen molar-refractivity contribution in [3.63, 3.8) is 0 Å². The Bertz CT molecular complexity index is 721. The van der Waals surface area contributed by atoms with E-state index >= 15 is 0 Å². The predicted molar refractivity (Wildman–Crippen MR) is 90.7 cm³/mol. The number of halogens is 1. The number of rotatable bonds is 4. The molecule has 0 bridgehead atoms. The van der Waals surface area contributed by atoms with Crippen LogP contribution in [0.1, 0.15) is 17.0 Å². The lowest BCUT2D eigenvalue weighted by molar-refractivity contribution is 0.0210. The van der Waals surface area contributed by atoms with Crippen LogP contribution in [0.4, 0.5) is 4.39 Å². The summed E-state index contributed by atoms with van der Waals surface area (Å²) in [5, 5.41) is 0. The van der Waals surface area contributed by atoms with Gasteiger partial charge < -0.3 is 9.47 Å². The van der Waals surface area contributed by atoms with Gasteiger partial charge in [0.1, 0.15) is 11.6 Å². The van der Waals surface area contributed by atoms with Crippen molar-refractivity contribution in [3.05, 3.63) is 65.5 Å². The molecule has 1 saturated heterocycles. The summed E-state index contributed by atoms with van der Waals surface area (Å²) in [6.07, 6.45) is 0. The van der Waals surface area contributed by atoms with Crippen molar-refractivity contribution in [3.8, 4) is 5.75 Å². The Morgan fingerprint density at radius 3 is 2.83 bits per heavy atom. The monoisotopic (exact) mass is 327 g/mol. The van der Waals surface area contributed by atoms with Crippen LogP contribution in [0.5, 0.6) is 5.75 Å². The minimum absolute atomic E-state index is 0.103. The lowest BCUT2D eigenvalue weighted by Crippen LogP contribution is -2.43. The minimum Gasteiger partial charge on any atom is -0.492 e. The third-order valence-corrected chi connectivity index (χ3v) is 5.28. The molecule has 24 heavy (non-hydrogen) atoms. The van der Waals surface area contributed by atoms with E-state index in [0.29, 0.717) is 19.0 Å². The Balaban J connectivity index is 1.66. The van der Waals surface area contributed by atoms with Gasteiger partial charge in [0.05, 0.1) is 13.2 Å². The van der Waals surface area contributed by atoms with E-state index in [1.807, 2.05) is 12.1 Å². The first kappa shape index (κ1) is 15.6. The van der Waals surface area contributed by atoms with Crippen LogP contribution in [0.2, 0.25) is 0 Å². The zero-order valence-corrected chi connectivity index (χ0v) is 13.9. The van der Waals surface area contributed by atoms with Crippen LogP contribution in [0.15, 0.2) is 48.5 Å². The predicted octanol–water partition coefficient (Wildman–Crippen LogP) is 3.45. The standard InChI is InChI=1S/C20H22FNO2/c1-23-13-20-12-22(10-15-6-3-2-4-7-15)11-16(20)19-17(21)8-5-9-18(19)24-14-20/h2-9,16H,10-14H2,1H3/t16-,20-/m1/s1. The van der Waals surface area contributed by atoms with Gasteiger partial charge in [0, 0.05) is 43.6 Å². The summed E-state index contributed by atoms with van der Waals surface area (Å²) < 4.78 is 26.0. The first-order chi connectivity index (χ1) is 11.7. The van der Waals surface area contributed by atoms with Gasteiger partial charge in [0.25, 0.3) is 0 Å². The molecule has 2 heterocycles. The van der Waals surface area contributed by atoms with Gasteiger partial charge >= 0.3 is 0 Å². The number of ether oxygens (including phenoxy) is 2.